The fraction of sp³-hybridized carbons (Fsp3) is 0.360. The lowest BCUT2D eigenvalue weighted by Crippen LogP contribution is -2.59. The van der Waals surface area contributed by atoms with E-state index in [0.29, 0.717) is 22.5 Å². The fourth-order valence-electron chi connectivity index (χ4n) is 3.30. The lowest BCUT2D eigenvalue weighted by atomic mass is 9.99. The molecule has 0 aliphatic carbocycles. The molecule has 206 valence electrons. The van der Waals surface area contributed by atoms with Gasteiger partial charge in [0.15, 0.2) is 0 Å². The first-order valence-electron chi connectivity index (χ1n) is 11.6. The molecule has 1 aliphatic heterocycles. The Morgan fingerprint density at radius 2 is 1.47 bits per heavy atom. The highest BCUT2D eigenvalue weighted by Gasteiger charge is 2.45. The third-order valence-electron chi connectivity index (χ3n) is 5.35. The monoisotopic (exact) mass is 534 g/mol. The van der Waals surface area contributed by atoms with E-state index in [2.05, 4.69) is 17.2 Å². The van der Waals surface area contributed by atoms with Crippen LogP contribution in [0.1, 0.15) is 11.1 Å². The number of rotatable bonds is 11. The Balaban J connectivity index is 1.45. The largest absolute Gasteiger partial charge is 0.444 e. The van der Waals surface area contributed by atoms with Crippen LogP contribution in [-0.4, -0.2) is 76.5 Å². The minimum atomic E-state index is -1.71. The van der Waals surface area contributed by atoms with E-state index >= 15 is 0 Å². The molecule has 3 rings (SSSR count). The van der Waals surface area contributed by atoms with Gasteiger partial charge < -0.3 is 34.6 Å². The average molecular weight is 535 g/mol. The van der Waals surface area contributed by atoms with Crippen LogP contribution in [0.2, 0.25) is 0 Å². The second-order valence-corrected chi connectivity index (χ2v) is 8.16. The van der Waals surface area contributed by atoms with Gasteiger partial charge in [-0.3, -0.25) is 10.6 Å². The molecule has 0 bridgehead atoms. The number of aliphatic hydroxyl groups is 4. The van der Waals surface area contributed by atoms with Gasteiger partial charge in [-0.05, 0) is 35.4 Å². The average Bonchev–Trinajstić information content (AvgIpc) is 2.92. The van der Waals surface area contributed by atoms with Crippen molar-refractivity contribution >= 4 is 23.6 Å². The van der Waals surface area contributed by atoms with Crippen molar-refractivity contribution in [3.05, 3.63) is 72.3 Å². The van der Waals surface area contributed by atoms with Gasteiger partial charge >= 0.3 is 12.2 Å². The molecule has 2 amide bonds. The summed E-state index contributed by atoms with van der Waals surface area (Å²) in [6.07, 6.45) is -7.84. The van der Waals surface area contributed by atoms with Crippen LogP contribution in [0.5, 0.6) is 0 Å². The predicted molar refractivity (Wildman–Crippen MR) is 132 cm³/mol. The minimum Gasteiger partial charge on any atom is -0.444 e. The molecule has 2 aromatic rings. The molecule has 1 heterocycles. The summed E-state index contributed by atoms with van der Waals surface area (Å²) in [4.78, 5) is 33.9. The van der Waals surface area contributed by atoms with Gasteiger partial charge in [0.2, 0.25) is 6.29 Å². The van der Waals surface area contributed by atoms with Crippen molar-refractivity contribution in [1.82, 2.24) is 0 Å². The molecule has 2 aromatic carbocycles. The Bertz CT molecular complexity index is 1050. The molecule has 0 aromatic heterocycles. The van der Waals surface area contributed by atoms with Crippen LogP contribution in [0.25, 0.3) is 0 Å². The van der Waals surface area contributed by atoms with E-state index in [0.717, 1.165) is 0 Å². The zero-order valence-corrected chi connectivity index (χ0v) is 20.3. The lowest BCUT2D eigenvalue weighted by molar-refractivity contribution is -0.338. The van der Waals surface area contributed by atoms with Crippen LogP contribution in [0, 0.1) is 0 Å². The first-order chi connectivity index (χ1) is 18.3. The number of ether oxygens (including phenoxy) is 3. The molecule has 5 unspecified atom stereocenters. The highest BCUT2D eigenvalue weighted by atomic mass is 17.2. The van der Waals surface area contributed by atoms with Gasteiger partial charge in [0.1, 0.15) is 44.2 Å². The Morgan fingerprint density at radius 3 is 2.08 bits per heavy atom. The first kappa shape index (κ1) is 29.0. The van der Waals surface area contributed by atoms with E-state index in [9.17, 15) is 24.9 Å². The van der Waals surface area contributed by atoms with E-state index in [1.165, 1.54) is 18.2 Å². The summed E-state index contributed by atoms with van der Waals surface area (Å²) in [5.74, 6) is 0. The van der Waals surface area contributed by atoms with E-state index < -0.39 is 42.9 Å². The molecule has 6 N–H and O–H groups in total. The molecule has 1 fully saturated rings. The number of amides is 2. The lowest BCUT2D eigenvalue weighted by Gasteiger charge is -2.39. The van der Waals surface area contributed by atoms with E-state index in [1.807, 2.05) is 0 Å². The summed E-state index contributed by atoms with van der Waals surface area (Å²) in [6, 6.07) is 12.9. The van der Waals surface area contributed by atoms with Crippen LogP contribution >= 0.6 is 0 Å². The molecule has 5 atom stereocenters. The topological polar surface area (TPSA) is 185 Å². The van der Waals surface area contributed by atoms with Crippen molar-refractivity contribution < 1.29 is 54.0 Å². The highest BCUT2D eigenvalue weighted by Crippen LogP contribution is 2.23. The third-order valence-corrected chi connectivity index (χ3v) is 5.35. The van der Waals surface area contributed by atoms with Crippen molar-refractivity contribution in [3.8, 4) is 0 Å². The van der Waals surface area contributed by atoms with Gasteiger partial charge in [0.05, 0.1) is 6.61 Å². The summed E-state index contributed by atoms with van der Waals surface area (Å²) >= 11 is 0. The standard InChI is InChI=1S/C25H30N2O11/c1-2-11-35-36-14-19-20(29)21(30)22(31)23(37-19)38-25(33)27-18-9-5-16(6-10-18)13-34-24(32)26-17-7-3-15(12-28)4-8-17/h2-10,19-23,28-31H,1,11-14H2,(H,26,32)(H,27,33). The SMILES string of the molecule is C=CCOOCC1OC(OC(=O)Nc2ccc(COC(=O)Nc3ccc(CO)cc3)cc2)C(O)C(O)C1O. The molecule has 1 aliphatic rings. The molecular weight excluding hydrogens is 504 g/mol. The van der Waals surface area contributed by atoms with E-state index in [4.69, 9.17) is 29.1 Å². The Kier molecular flexibility index (Phi) is 11.0. The molecular formula is C25H30N2O11. The van der Waals surface area contributed by atoms with Crippen LogP contribution in [0.3, 0.4) is 0 Å². The van der Waals surface area contributed by atoms with Gasteiger partial charge in [-0.25, -0.2) is 19.4 Å². The maximum atomic E-state index is 12.3. The van der Waals surface area contributed by atoms with Gasteiger partial charge in [-0.15, -0.1) is 6.58 Å². The van der Waals surface area contributed by atoms with Gasteiger partial charge in [0.25, 0.3) is 0 Å². The number of hydrogen-bond acceptors (Lipinski definition) is 11. The van der Waals surface area contributed by atoms with Crippen molar-refractivity contribution in [3.63, 3.8) is 0 Å². The molecule has 13 nitrogen and oxygen atoms in total. The Morgan fingerprint density at radius 1 is 0.868 bits per heavy atom. The van der Waals surface area contributed by atoms with E-state index in [-0.39, 0.29) is 26.4 Å². The van der Waals surface area contributed by atoms with Gasteiger partial charge in [-0.1, -0.05) is 30.3 Å². The van der Waals surface area contributed by atoms with Crippen LogP contribution in [-0.2, 0) is 37.2 Å². The van der Waals surface area contributed by atoms with Gasteiger partial charge in [0, 0.05) is 11.4 Å². The molecule has 13 heteroatoms. The number of aliphatic hydroxyl groups excluding tert-OH is 4. The number of carbonyl (C=O) groups is 2. The predicted octanol–water partition coefficient (Wildman–Crippen LogP) is 1.42. The normalized spacial score (nSPS) is 22.8. The summed E-state index contributed by atoms with van der Waals surface area (Å²) in [7, 11) is 0. The third kappa shape index (κ3) is 8.49. The van der Waals surface area contributed by atoms with Crippen molar-refractivity contribution in [2.24, 2.45) is 0 Å². The molecule has 1 saturated heterocycles. The van der Waals surface area contributed by atoms with Crippen molar-refractivity contribution in [2.45, 2.75) is 43.9 Å². The Labute approximate surface area is 218 Å². The fourth-order valence-corrected chi connectivity index (χ4v) is 3.30. The second-order valence-electron chi connectivity index (χ2n) is 8.16. The smallest absolute Gasteiger partial charge is 0.414 e. The molecule has 38 heavy (non-hydrogen) atoms. The summed E-state index contributed by atoms with van der Waals surface area (Å²) in [5, 5.41) is 44.3. The Hall–Kier alpha value is -3.56. The number of anilines is 2. The minimum absolute atomic E-state index is 0.0341. The zero-order chi connectivity index (χ0) is 27.5. The molecule has 0 saturated carbocycles. The molecule has 0 radical (unpaired) electrons. The van der Waals surface area contributed by atoms with Gasteiger partial charge in [-0.2, -0.15) is 0 Å². The maximum absolute atomic E-state index is 12.3. The maximum Gasteiger partial charge on any atom is 0.414 e. The van der Waals surface area contributed by atoms with E-state index in [1.54, 1.807) is 36.4 Å². The zero-order valence-electron chi connectivity index (χ0n) is 20.3. The number of hydrogen-bond donors (Lipinski definition) is 6. The summed E-state index contributed by atoms with van der Waals surface area (Å²) in [5.41, 5.74) is 2.19. The quantitative estimate of drug-likeness (QED) is 0.106. The van der Waals surface area contributed by atoms with Crippen molar-refractivity contribution in [2.75, 3.05) is 23.8 Å². The highest BCUT2D eigenvalue weighted by molar-refractivity contribution is 5.85. The number of nitrogens with one attached hydrogen (secondary N) is 2. The number of benzene rings is 2. The second kappa shape index (κ2) is 14.4. The van der Waals surface area contributed by atoms with Crippen molar-refractivity contribution in [1.29, 1.82) is 0 Å². The van der Waals surface area contributed by atoms with Crippen LogP contribution in [0.4, 0.5) is 21.0 Å². The van der Waals surface area contributed by atoms with Crippen LogP contribution < -0.4 is 10.6 Å². The first-order valence-corrected chi connectivity index (χ1v) is 11.6. The summed E-state index contributed by atoms with van der Waals surface area (Å²) in [6.45, 7) is 3.09. The summed E-state index contributed by atoms with van der Waals surface area (Å²) < 4.78 is 15.6. The molecule has 0 spiro atoms. The number of carbonyl (C=O) groups excluding carboxylic acids is 2. The van der Waals surface area contributed by atoms with Crippen LogP contribution in [0.15, 0.2) is 61.2 Å².